The van der Waals surface area contributed by atoms with Crippen molar-refractivity contribution in [3.63, 3.8) is 0 Å². The fraction of sp³-hybridized carbons (Fsp3) is 0.421. The van der Waals surface area contributed by atoms with E-state index < -0.39 is 16.1 Å². The van der Waals surface area contributed by atoms with Crippen LogP contribution in [0, 0.1) is 13.8 Å². The maximum absolute atomic E-state index is 12.5. The zero-order chi connectivity index (χ0) is 20.0. The second kappa shape index (κ2) is 9.32. The summed E-state index contributed by atoms with van der Waals surface area (Å²) in [6.45, 7) is 5.79. The average Bonchev–Trinajstić information content (AvgIpc) is 3.09. The number of furan rings is 1. The quantitative estimate of drug-likeness (QED) is 0.643. The number of hydrogen-bond acceptors (Lipinski definition) is 5. The standard InChI is InChI=1S/C19H26N2O4S2/c1-14-7-8-15(2)18(12-14)21(27(4,23)24)16(3)19(22)20-9-11-26-13-17-6-5-10-25-17/h5-8,10,12,16H,9,11,13H2,1-4H3,(H,20,22)/t16-/m1/s1. The number of anilines is 1. The van der Waals surface area contributed by atoms with Crippen LogP contribution >= 0.6 is 11.8 Å². The molecular weight excluding hydrogens is 384 g/mol. The number of aryl methyl sites for hydroxylation is 2. The summed E-state index contributed by atoms with van der Waals surface area (Å²) in [6, 6.07) is 8.47. The van der Waals surface area contributed by atoms with Gasteiger partial charge in [0.25, 0.3) is 0 Å². The first-order chi connectivity index (χ1) is 12.7. The molecule has 1 atom stereocenters. The number of sulfonamides is 1. The molecule has 1 amide bonds. The molecule has 1 aromatic heterocycles. The van der Waals surface area contributed by atoms with Crippen LogP contribution in [-0.2, 0) is 20.6 Å². The summed E-state index contributed by atoms with van der Waals surface area (Å²) in [5, 5.41) is 2.82. The van der Waals surface area contributed by atoms with E-state index >= 15 is 0 Å². The van der Waals surface area contributed by atoms with E-state index in [1.807, 2.05) is 38.1 Å². The summed E-state index contributed by atoms with van der Waals surface area (Å²) in [4.78, 5) is 12.5. The second-order valence-electron chi connectivity index (χ2n) is 6.45. The third-order valence-electron chi connectivity index (χ3n) is 4.06. The average molecular weight is 411 g/mol. The monoisotopic (exact) mass is 410 g/mol. The predicted molar refractivity (Wildman–Crippen MR) is 111 cm³/mol. The Morgan fingerprint density at radius 2 is 2.04 bits per heavy atom. The third kappa shape index (κ3) is 6.04. The predicted octanol–water partition coefficient (Wildman–Crippen LogP) is 3.10. The lowest BCUT2D eigenvalue weighted by molar-refractivity contribution is -0.121. The molecule has 1 aromatic carbocycles. The van der Waals surface area contributed by atoms with Crippen molar-refractivity contribution < 1.29 is 17.6 Å². The Morgan fingerprint density at radius 3 is 2.67 bits per heavy atom. The van der Waals surface area contributed by atoms with Crippen molar-refractivity contribution >= 4 is 33.4 Å². The van der Waals surface area contributed by atoms with Gasteiger partial charge in [0.05, 0.1) is 24.0 Å². The summed E-state index contributed by atoms with van der Waals surface area (Å²) in [7, 11) is -3.61. The highest BCUT2D eigenvalue weighted by atomic mass is 32.2. The summed E-state index contributed by atoms with van der Waals surface area (Å²) >= 11 is 1.64. The van der Waals surface area contributed by atoms with Gasteiger partial charge in [-0.15, -0.1) is 0 Å². The minimum absolute atomic E-state index is 0.320. The number of rotatable bonds is 9. The fourth-order valence-corrected chi connectivity index (χ4v) is 4.68. The fourth-order valence-electron chi connectivity index (χ4n) is 2.70. The first-order valence-corrected chi connectivity index (χ1v) is 11.6. The van der Waals surface area contributed by atoms with Gasteiger partial charge in [-0.2, -0.15) is 11.8 Å². The Morgan fingerprint density at radius 1 is 1.30 bits per heavy atom. The SMILES string of the molecule is Cc1ccc(C)c(N([C@H](C)C(=O)NCCSCc2ccco2)S(C)(=O)=O)c1. The zero-order valence-corrected chi connectivity index (χ0v) is 17.7. The van der Waals surface area contributed by atoms with Gasteiger partial charge in [-0.3, -0.25) is 9.10 Å². The van der Waals surface area contributed by atoms with Crippen LogP contribution in [0.2, 0.25) is 0 Å². The van der Waals surface area contributed by atoms with Gasteiger partial charge in [0.2, 0.25) is 15.9 Å². The van der Waals surface area contributed by atoms with E-state index in [2.05, 4.69) is 5.32 Å². The van der Waals surface area contributed by atoms with Gasteiger partial charge in [0.15, 0.2) is 0 Å². The smallest absolute Gasteiger partial charge is 0.243 e. The molecule has 1 heterocycles. The van der Waals surface area contributed by atoms with Crippen molar-refractivity contribution in [3.05, 3.63) is 53.5 Å². The number of nitrogens with zero attached hydrogens (tertiary/aromatic N) is 1. The molecule has 0 spiro atoms. The molecule has 0 unspecified atom stereocenters. The topological polar surface area (TPSA) is 79.6 Å². The van der Waals surface area contributed by atoms with Crippen LogP contribution < -0.4 is 9.62 Å². The molecule has 148 valence electrons. The van der Waals surface area contributed by atoms with Gasteiger partial charge in [-0.05, 0) is 50.1 Å². The lowest BCUT2D eigenvalue weighted by Gasteiger charge is -2.29. The van der Waals surface area contributed by atoms with Gasteiger partial charge in [0.1, 0.15) is 11.8 Å². The molecule has 0 aliphatic rings. The molecule has 6 nitrogen and oxygen atoms in total. The van der Waals surface area contributed by atoms with E-state index in [1.165, 1.54) is 4.31 Å². The van der Waals surface area contributed by atoms with Crippen LogP contribution in [-0.4, -0.2) is 38.9 Å². The molecule has 0 aliphatic carbocycles. The number of amides is 1. The second-order valence-corrected chi connectivity index (χ2v) is 9.41. The third-order valence-corrected chi connectivity index (χ3v) is 6.27. The first kappa shape index (κ1) is 21.4. The largest absolute Gasteiger partial charge is 0.468 e. The Kier molecular flexibility index (Phi) is 7.38. The zero-order valence-electron chi connectivity index (χ0n) is 16.1. The highest BCUT2D eigenvalue weighted by molar-refractivity contribution is 7.98. The van der Waals surface area contributed by atoms with Crippen LogP contribution in [0.4, 0.5) is 5.69 Å². The van der Waals surface area contributed by atoms with E-state index in [1.54, 1.807) is 31.0 Å². The number of carbonyl (C=O) groups excluding carboxylic acids is 1. The number of benzene rings is 1. The molecule has 0 aliphatic heterocycles. The van der Waals surface area contributed by atoms with Crippen LogP contribution in [0.15, 0.2) is 41.0 Å². The molecule has 0 fully saturated rings. The van der Waals surface area contributed by atoms with Crippen molar-refractivity contribution in [2.75, 3.05) is 22.9 Å². The Bertz CT molecular complexity index is 864. The Hall–Kier alpha value is -1.93. The number of hydrogen-bond donors (Lipinski definition) is 1. The van der Waals surface area contributed by atoms with Crippen molar-refractivity contribution in [1.82, 2.24) is 5.32 Å². The number of nitrogens with one attached hydrogen (secondary N) is 1. The van der Waals surface area contributed by atoms with Crippen LogP contribution in [0.25, 0.3) is 0 Å². The highest BCUT2D eigenvalue weighted by Crippen LogP contribution is 2.26. The highest BCUT2D eigenvalue weighted by Gasteiger charge is 2.29. The molecule has 27 heavy (non-hydrogen) atoms. The summed E-state index contributed by atoms with van der Waals surface area (Å²) in [6.07, 6.45) is 2.75. The van der Waals surface area contributed by atoms with Crippen LogP contribution in [0.3, 0.4) is 0 Å². The van der Waals surface area contributed by atoms with Gasteiger partial charge in [-0.1, -0.05) is 12.1 Å². The van der Waals surface area contributed by atoms with E-state index in [-0.39, 0.29) is 5.91 Å². The van der Waals surface area contributed by atoms with Gasteiger partial charge >= 0.3 is 0 Å². The molecule has 8 heteroatoms. The minimum atomic E-state index is -3.61. The maximum atomic E-state index is 12.5. The van der Waals surface area contributed by atoms with E-state index in [0.29, 0.717) is 18.0 Å². The normalized spacial score (nSPS) is 12.6. The van der Waals surface area contributed by atoms with Gasteiger partial charge < -0.3 is 9.73 Å². The Balaban J connectivity index is 1.99. The molecule has 0 radical (unpaired) electrons. The molecule has 2 aromatic rings. The Labute approximate surface area is 165 Å². The van der Waals surface area contributed by atoms with Crippen LogP contribution in [0.1, 0.15) is 23.8 Å². The first-order valence-electron chi connectivity index (χ1n) is 8.64. The van der Waals surface area contributed by atoms with Crippen molar-refractivity contribution in [2.24, 2.45) is 0 Å². The molecular formula is C19H26N2O4S2. The molecule has 1 N–H and O–H groups in total. The van der Waals surface area contributed by atoms with Crippen molar-refractivity contribution in [2.45, 2.75) is 32.6 Å². The lowest BCUT2D eigenvalue weighted by Crippen LogP contribution is -2.48. The number of carbonyl (C=O) groups is 1. The molecule has 0 bridgehead atoms. The molecule has 0 saturated heterocycles. The number of thioether (sulfide) groups is 1. The van der Waals surface area contributed by atoms with Crippen LogP contribution in [0.5, 0.6) is 0 Å². The van der Waals surface area contributed by atoms with Gasteiger partial charge in [0, 0.05) is 12.3 Å². The van der Waals surface area contributed by atoms with E-state index in [0.717, 1.165) is 28.9 Å². The summed E-state index contributed by atoms with van der Waals surface area (Å²) < 4.78 is 31.2. The molecule has 0 saturated carbocycles. The van der Waals surface area contributed by atoms with E-state index in [4.69, 9.17) is 4.42 Å². The maximum Gasteiger partial charge on any atom is 0.243 e. The minimum Gasteiger partial charge on any atom is -0.468 e. The lowest BCUT2D eigenvalue weighted by atomic mass is 10.1. The van der Waals surface area contributed by atoms with Gasteiger partial charge in [-0.25, -0.2) is 8.42 Å². The van der Waals surface area contributed by atoms with E-state index in [9.17, 15) is 13.2 Å². The van der Waals surface area contributed by atoms with Crippen molar-refractivity contribution in [3.8, 4) is 0 Å². The molecule has 2 rings (SSSR count). The summed E-state index contributed by atoms with van der Waals surface area (Å²) in [5.41, 5.74) is 2.28. The summed E-state index contributed by atoms with van der Waals surface area (Å²) in [5.74, 6) is 2.01. The van der Waals surface area contributed by atoms with Crippen molar-refractivity contribution in [1.29, 1.82) is 0 Å².